The lowest BCUT2D eigenvalue weighted by molar-refractivity contribution is -0.00000472. The number of halogens is 1. The van der Waals surface area contributed by atoms with Crippen LogP contribution in [0.15, 0.2) is 85.2 Å². The Balaban J connectivity index is 0.00000225. The first-order chi connectivity index (χ1) is 11.8. The largest absolute Gasteiger partial charge is 1.00 e. The molecule has 0 saturated heterocycles. The van der Waals surface area contributed by atoms with Gasteiger partial charge in [-0.25, -0.2) is 0 Å². The molecule has 0 saturated carbocycles. The molecule has 0 radical (unpaired) electrons. The first kappa shape index (κ1) is 19.1. The van der Waals surface area contributed by atoms with Crippen molar-refractivity contribution in [2.24, 2.45) is 0 Å². The molecule has 128 valence electrons. The molecule has 0 aliphatic carbocycles. The van der Waals surface area contributed by atoms with E-state index in [0.717, 1.165) is 18.8 Å². The quantitative estimate of drug-likeness (QED) is 0.642. The molecule has 2 aromatic carbocycles. The molecule has 0 bridgehead atoms. The zero-order valence-corrected chi connectivity index (χ0v) is 16.1. The Bertz CT molecular complexity index is 725. The lowest BCUT2D eigenvalue weighted by Crippen LogP contribution is -3.00. The number of benzene rings is 2. The summed E-state index contributed by atoms with van der Waals surface area (Å²) in [5.41, 5.74) is 3.35. The predicted molar refractivity (Wildman–Crippen MR) is 103 cm³/mol. The van der Waals surface area contributed by atoms with Gasteiger partial charge in [-0.15, -0.1) is 0 Å². The summed E-state index contributed by atoms with van der Waals surface area (Å²) in [7, 11) is 0. The van der Waals surface area contributed by atoms with E-state index < -0.39 is 0 Å². The molecule has 3 aromatic rings. The molecule has 0 amide bonds. The molecule has 3 nitrogen and oxygen atoms in total. The van der Waals surface area contributed by atoms with E-state index in [1.165, 1.54) is 11.1 Å². The number of nitrogens with one attached hydrogen (secondary N) is 1. The average molecular weight is 413 g/mol. The van der Waals surface area contributed by atoms with Crippen LogP contribution in [0.4, 0.5) is 5.69 Å². The summed E-state index contributed by atoms with van der Waals surface area (Å²) < 4.78 is 0. The third-order valence-corrected chi connectivity index (χ3v) is 3.99. The molecule has 0 aliphatic heterocycles. The van der Waals surface area contributed by atoms with Crippen molar-refractivity contribution in [1.82, 2.24) is 9.88 Å². The van der Waals surface area contributed by atoms with Crippen LogP contribution >= 0.6 is 12.2 Å². The zero-order valence-electron chi connectivity index (χ0n) is 13.7. The average Bonchev–Trinajstić information content (AvgIpc) is 2.64. The van der Waals surface area contributed by atoms with Crippen LogP contribution in [-0.4, -0.2) is 15.0 Å². The lowest BCUT2D eigenvalue weighted by atomic mass is 10.2. The molecule has 0 fully saturated rings. The molecule has 1 N–H and O–H groups in total. The monoisotopic (exact) mass is 412 g/mol. The van der Waals surface area contributed by atoms with E-state index in [4.69, 9.17) is 12.2 Å². The van der Waals surface area contributed by atoms with Crippen molar-refractivity contribution in [3.63, 3.8) is 0 Å². The maximum Gasteiger partial charge on any atom is 0.174 e. The van der Waals surface area contributed by atoms with Crippen LogP contribution in [0.25, 0.3) is 0 Å². The minimum absolute atomic E-state index is 0. The van der Waals surface area contributed by atoms with E-state index in [9.17, 15) is 0 Å². The van der Waals surface area contributed by atoms with Gasteiger partial charge in [-0.3, -0.25) is 4.98 Å². The molecule has 25 heavy (non-hydrogen) atoms. The normalized spacial score (nSPS) is 9.76. The van der Waals surface area contributed by atoms with Gasteiger partial charge in [-0.2, -0.15) is 0 Å². The summed E-state index contributed by atoms with van der Waals surface area (Å²) in [5, 5.41) is 3.97. The van der Waals surface area contributed by atoms with Gasteiger partial charge in [0, 0.05) is 19.3 Å². The first-order valence-electron chi connectivity index (χ1n) is 7.85. The van der Waals surface area contributed by atoms with Gasteiger partial charge in [-0.05, 0) is 35.5 Å². The maximum absolute atomic E-state index is 5.64. The molecule has 1 heterocycles. The van der Waals surface area contributed by atoms with E-state index in [1.54, 1.807) is 12.4 Å². The highest BCUT2D eigenvalue weighted by Crippen LogP contribution is 2.13. The summed E-state index contributed by atoms with van der Waals surface area (Å²) in [6.07, 6.45) is 3.52. The molecule has 1 aromatic heterocycles. The molecule has 0 atom stereocenters. The van der Waals surface area contributed by atoms with Crippen molar-refractivity contribution < 1.29 is 17.0 Å². The lowest BCUT2D eigenvalue weighted by Gasteiger charge is -2.26. The number of pyridine rings is 1. The number of rotatable bonds is 5. The number of thiocarbonyl (C=S) groups is 1. The number of aromatic nitrogens is 1. The highest BCUT2D eigenvalue weighted by molar-refractivity contribution is 7.80. The first-order valence-corrected chi connectivity index (χ1v) is 8.26. The van der Waals surface area contributed by atoms with Crippen LogP contribution in [0.2, 0.25) is 0 Å². The van der Waals surface area contributed by atoms with Crippen molar-refractivity contribution in [3.05, 3.63) is 96.3 Å². The summed E-state index contributed by atoms with van der Waals surface area (Å²) in [4.78, 5) is 6.28. The van der Waals surface area contributed by atoms with Gasteiger partial charge >= 0.3 is 0 Å². The van der Waals surface area contributed by atoms with Gasteiger partial charge in [-0.1, -0.05) is 60.7 Å². The van der Waals surface area contributed by atoms with Crippen molar-refractivity contribution in [2.75, 3.05) is 5.32 Å². The van der Waals surface area contributed by atoms with Crippen molar-refractivity contribution in [2.45, 2.75) is 13.1 Å². The number of hydrogen-bond donors (Lipinski definition) is 1. The van der Waals surface area contributed by atoms with Gasteiger partial charge < -0.3 is 27.2 Å². The Morgan fingerprint density at radius 3 is 1.88 bits per heavy atom. The van der Waals surface area contributed by atoms with Crippen LogP contribution in [-0.2, 0) is 13.1 Å². The van der Waals surface area contributed by atoms with Crippen LogP contribution in [0.3, 0.4) is 0 Å². The second-order valence-electron chi connectivity index (χ2n) is 5.50. The summed E-state index contributed by atoms with van der Waals surface area (Å²) >= 11 is 5.64. The number of anilines is 1. The Morgan fingerprint density at radius 1 is 0.840 bits per heavy atom. The van der Waals surface area contributed by atoms with E-state index in [0.29, 0.717) is 5.11 Å². The summed E-state index contributed by atoms with van der Waals surface area (Å²) in [6, 6.07) is 24.6. The third-order valence-electron chi connectivity index (χ3n) is 3.63. The van der Waals surface area contributed by atoms with Gasteiger partial charge in [0.25, 0.3) is 0 Å². The molecule has 5 heteroatoms. The molecular weight excluding hydrogens is 394 g/mol. The van der Waals surface area contributed by atoms with E-state index in [1.807, 2.05) is 48.5 Å². The predicted octanol–water partition coefficient (Wildman–Crippen LogP) is 1.48. The molecule has 3 rings (SSSR count). The van der Waals surface area contributed by atoms with Crippen molar-refractivity contribution >= 4 is 23.0 Å². The SMILES string of the molecule is S=C(Nc1cccnc1)N(Cc1ccccc1)Cc1ccccc1.[Br-]. The summed E-state index contributed by atoms with van der Waals surface area (Å²) in [6.45, 7) is 1.50. The second kappa shape index (κ2) is 9.91. The van der Waals surface area contributed by atoms with Crippen LogP contribution < -0.4 is 22.3 Å². The van der Waals surface area contributed by atoms with E-state index >= 15 is 0 Å². The fourth-order valence-electron chi connectivity index (χ4n) is 2.45. The Morgan fingerprint density at radius 2 is 1.40 bits per heavy atom. The highest BCUT2D eigenvalue weighted by atomic mass is 79.9. The molecule has 0 unspecified atom stereocenters. The van der Waals surface area contributed by atoms with Crippen LogP contribution in [0.5, 0.6) is 0 Å². The Hall–Kier alpha value is -2.24. The van der Waals surface area contributed by atoms with Gasteiger partial charge in [0.05, 0.1) is 11.9 Å². The van der Waals surface area contributed by atoms with Gasteiger partial charge in [0.2, 0.25) is 0 Å². The third kappa shape index (κ3) is 5.96. The molecular formula is C20H19BrN3S-. The topological polar surface area (TPSA) is 28.2 Å². The van der Waals surface area contributed by atoms with Crippen LogP contribution in [0.1, 0.15) is 11.1 Å². The summed E-state index contributed by atoms with van der Waals surface area (Å²) in [5.74, 6) is 0. The van der Waals surface area contributed by atoms with Gasteiger partial charge in [0.1, 0.15) is 0 Å². The van der Waals surface area contributed by atoms with Crippen LogP contribution in [0, 0.1) is 0 Å². The highest BCUT2D eigenvalue weighted by Gasteiger charge is 2.11. The van der Waals surface area contributed by atoms with E-state index in [2.05, 4.69) is 39.5 Å². The number of nitrogens with zero attached hydrogens (tertiary/aromatic N) is 2. The Kier molecular flexibility index (Phi) is 7.57. The fraction of sp³-hybridized carbons (Fsp3) is 0.100. The van der Waals surface area contributed by atoms with Gasteiger partial charge in [0.15, 0.2) is 5.11 Å². The van der Waals surface area contributed by atoms with E-state index in [-0.39, 0.29) is 17.0 Å². The Labute approximate surface area is 164 Å². The second-order valence-corrected chi connectivity index (χ2v) is 5.89. The number of hydrogen-bond acceptors (Lipinski definition) is 2. The minimum atomic E-state index is 0. The molecule has 0 aliphatic rings. The standard InChI is InChI=1S/C20H19N3S.BrH/c24-20(22-19-12-7-13-21-14-19)23(15-17-8-3-1-4-9-17)16-18-10-5-2-6-11-18;/h1-14H,15-16H2,(H,22,24);1H/p-1. The fourth-order valence-corrected chi connectivity index (χ4v) is 2.69. The smallest absolute Gasteiger partial charge is 0.174 e. The molecule has 0 spiro atoms. The zero-order chi connectivity index (χ0) is 16.6. The minimum Gasteiger partial charge on any atom is -1.00 e. The van der Waals surface area contributed by atoms with Crippen molar-refractivity contribution in [3.8, 4) is 0 Å². The van der Waals surface area contributed by atoms with Crippen molar-refractivity contribution in [1.29, 1.82) is 0 Å². The maximum atomic E-state index is 5.64.